The monoisotopic (exact) mass is 466 g/mol. The van der Waals surface area contributed by atoms with Gasteiger partial charge in [-0.3, -0.25) is 19.2 Å². The average Bonchev–Trinajstić information content (AvgIpc) is 3.16. The molecule has 0 bridgehead atoms. The number of hydrogen-bond acceptors (Lipinski definition) is 4. The lowest BCUT2D eigenvalue weighted by Gasteiger charge is -2.13. The number of hydrogen-bond donors (Lipinski definition) is 3. The molecule has 8 nitrogen and oxygen atoms in total. The Morgan fingerprint density at radius 3 is 2.59 bits per heavy atom. The Balaban J connectivity index is 1.42. The van der Waals surface area contributed by atoms with E-state index in [1.54, 1.807) is 31.2 Å². The van der Waals surface area contributed by atoms with Crippen LogP contribution in [-0.2, 0) is 22.6 Å². The molecule has 3 aromatic rings. The number of aryl methyl sites for hydroxylation is 1. The summed E-state index contributed by atoms with van der Waals surface area (Å²) in [6.45, 7) is 1.21. The molecule has 0 radical (unpaired) electrons. The Hall–Kier alpha value is -4.34. The van der Waals surface area contributed by atoms with E-state index in [0.29, 0.717) is 22.6 Å². The van der Waals surface area contributed by atoms with Gasteiger partial charge in [-0.1, -0.05) is 6.07 Å². The second kappa shape index (κ2) is 9.26. The predicted molar refractivity (Wildman–Crippen MR) is 121 cm³/mol. The smallest absolute Gasteiger partial charge is 0.263 e. The van der Waals surface area contributed by atoms with Crippen LogP contribution in [0.3, 0.4) is 0 Å². The van der Waals surface area contributed by atoms with E-state index in [1.165, 1.54) is 16.7 Å². The normalized spacial score (nSPS) is 12.1. The Labute approximate surface area is 192 Å². The second-order valence-electron chi connectivity index (χ2n) is 7.86. The van der Waals surface area contributed by atoms with Gasteiger partial charge in [0.2, 0.25) is 11.8 Å². The highest BCUT2D eigenvalue weighted by atomic mass is 19.2. The molecule has 1 aliphatic rings. The van der Waals surface area contributed by atoms with Crippen LogP contribution in [0.2, 0.25) is 0 Å². The summed E-state index contributed by atoms with van der Waals surface area (Å²) in [5.74, 6) is -3.42. The van der Waals surface area contributed by atoms with E-state index in [4.69, 9.17) is 0 Å². The Bertz CT molecular complexity index is 1380. The van der Waals surface area contributed by atoms with Crippen molar-refractivity contribution in [3.63, 3.8) is 0 Å². The van der Waals surface area contributed by atoms with E-state index in [1.807, 2.05) is 0 Å². The summed E-state index contributed by atoms with van der Waals surface area (Å²) in [5.41, 5.74) is 1.98. The quantitative estimate of drug-likeness (QED) is 0.518. The SMILES string of the molecule is Cc1ccc(C(=O)NCC(=O)Nc2ccc3c(c2)CC(=O)N3)c(=O)n1Cc1ccc(F)c(F)c1. The summed E-state index contributed by atoms with van der Waals surface area (Å²) in [6.07, 6.45) is 0.222. The van der Waals surface area contributed by atoms with Crippen LogP contribution in [0.5, 0.6) is 0 Å². The van der Waals surface area contributed by atoms with Crippen LogP contribution < -0.4 is 21.5 Å². The molecule has 0 atom stereocenters. The molecule has 10 heteroatoms. The zero-order valence-corrected chi connectivity index (χ0v) is 18.1. The minimum atomic E-state index is -1.03. The molecule has 3 amide bonds. The van der Waals surface area contributed by atoms with Crippen LogP contribution in [0.15, 0.2) is 53.3 Å². The summed E-state index contributed by atoms with van der Waals surface area (Å²) in [5, 5.41) is 7.73. The number of benzene rings is 2. The number of halogens is 2. The fourth-order valence-electron chi connectivity index (χ4n) is 3.63. The fourth-order valence-corrected chi connectivity index (χ4v) is 3.63. The zero-order chi connectivity index (χ0) is 24.4. The third-order valence-corrected chi connectivity index (χ3v) is 5.39. The first kappa shape index (κ1) is 22.8. The fraction of sp³-hybridized carbons (Fsp3) is 0.167. The standard InChI is InChI=1S/C24H20F2N4O4/c1-13-2-5-17(24(34)30(13)12-14-3-6-18(25)19(26)8-14)23(33)27-11-22(32)28-16-4-7-20-15(9-16)10-21(31)29-20/h2-9H,10-12H2,1H3,(H,27,33)(H,28,32)(H,29,31). The van der Waals surface area contributed by atoms with E-state index >= 15 is 0 Å². The maximum absolute atomic E-state index is 13.5. The number of rotatable bonds is 6. The minimum Gasteiger partial charge on any atom is -0.343 e. The number of aromatic nitrogens is 1. The number of anilines is 2. The molecule has 2 aromatic carbocycles. The van der Waals surface area contributed by atoms with Gasteiger partial charge in [0.15, 0.2) is 11.6 Å². The van der Waals surface area contributed by atoms with Gasteiger partial charge in [-0.15, -0.1) is 0 Å². The lowest BCUT2D eigenvalue weighted by molar-refractivity contribution is -0.116. The number of pyridine rings is 1. The van der Waals surface area contributed by atoms with Crippen molar-refractivity contribution in [3.8, 4) is 0 Å². The van der Waals surface area contributed by atoms with Crippen LogP contribution in [0.1, 0.15) is 27.2 Å². The Morgan fingerprint density at radius 1 is 1.03 bits per heavy atom. The van der Waals surface area contributed by atoms with Crippen molar-refractivity contribution in [1.29, 1.82) is 0 Å². The molecule has 3 N–H and O–H groups in total. The van der Waals surface area contributed by atoms with Gasteiger partial charge in [-0.2, -0.15) is 0 Å². The minimum absolute atomic E-state index is 0.0564. The van der Waals surface area contributed by atoms with E-state index in [2.05, 4.69) is 16.0 Å². The van der Waals surface area contributed by atoms with Crippen molar-refractivity contribution in [3.05, 3.63) is 92.9 Å². The maximum atomic E-state index is 13.5. The van der Waals surface area contributed by atoms with Gasteiger partial charge in [0.1, 0.15) is 5.56 Å². The summed E-state index contributed by atoms with van der Waals surface area (Å²) in [6, 6.07) is 11.2. The number of carbonyl (C=O) groups excluding carboxylic acids is 3. The van der Waals surface area contributed by atoms with Crippen LogP contribution in [-0.4, -0.2) is 28.8 Å². The first-order valence-corrected chi connectivity index (χ1v) is 10.4. The summed E-state index contributed by atoms with van der Waals surface area (Å²) < 4.78 is 28.0. The molecule has 0 spiro atoms. The number of fused-ring (bicyclic) bond motifs is 1. The molecule has 2 heterocycles. The molecule has 1 aliphatic heterocycles. The molecule has 0 fully saturated rings. The lowest BCUT2D eigenvalue weighted by Crippen LogP contribution is -2.37. The topological polar surface area (TPSA) is 109 Å². The predicted octanol–water partition coefficient (Wildman–Crippen LogP) is 2.35. The molecular formula is C24H20F2N4O4. The lowest BCUT2D eigenvalue weighted by atomic mass is 10.1. The second-order valence-corrected chi connectivity index (χ2v) is 7.86. The van der Waals surface area contributed by atoms with Gasteiger partial charge in [-0.05, 0) is 60.5 Å². The third kappa shape index (κ3) is 4.85. The molecule has 1 aromatic heterocycles. The molecule has 0 aliphatic carbocycles. The molecule has 34 heavy (non-hydrogen) atoms. The van der Waals surface area contributed by atoms with E-state index in [-0.39, 0.29) is 31.0 Å². The molecular weight excluding hydrogens is 446 g/mol. The van der Waals surface area contributed by atoms with Crippen LogP contribution >= 0.6 is 0 Å². The molecule has 174 valence electrons. The molecule has 0 saturated carbocycles. The van der Waals surface area contributed by atoms with Gasteiger partial charge in [0.25, 0.3) is 11.5 Å². The number of nitrogens with zero attached hydrogens (tertiary/aromatic N) is 1. The highest BCUT2D eigenvalue weighted by molar-refractivity contribution is 6.01. The third-order valence-electron chi connectivity index (χ3n) is 5.39. The molecule has 0 saturated heterocycles. The summed E-state index contributed by atoms with van der Waals surface area (Å²) in [7, 11) is 0. The van der Waals surface area contributed by atoms with Crippen molar-refractivity contribution in [2.24, 2.45) is 0 Å². The van der Waals surface area contributed by atoms with Crippen molar-refractivity contribution >= 4 is 29.1 Å². The van der Waals surface area contributed by atoms with Gasteiger partial charge in [0, 0.05) is 17.1 Å². The Morgan fingerprint density at radius 2 is 1.82 bits per heavy atom. The maximum Gasteiger partial charge on any atom is 0.263 e. The highest BCUT2D eigenvalue weighted by Gasteiger charge is 2.19. The first-order valence-electron chi connectivity index (χ1n) is 10.4. The van der Waals surface area contributed by atoms with Crippen LogP contribution in [0.4, 0.5) is 20.2 Å². The number of nitrogens with one attached hydrogen (secondary N) is 3. The van der Waals surface area contributed by atoms with Crippen molar-refractivity contribution < 1.29 is 23.2 Å². The summed E-state index contributed by atoms with van der Waals surface area (Å²) >= 11 is 0. The van der Waals surface area contributed by atoms with Gasteiger partial charge < -0.3 is 20.5 Å². The summed E-state index contributed by atoms with van der Waals surface area (Å²) in [4.78, 5) is 49.1. The average molecular weight is 466 g/mol. The first-order chi connectivity index (χ1) is 16.2. The number of amides is 3. The zero-order valence-electron chi connectivity index (χ0n) is 18.1. The van der Waals surface area contributed by atoms with Crippen molar-refractivity contribution in [2.45, 2.75) is 19.9 Å². The van der Waals surface area contributed by atoms with E-state index in [0.717, 1.165) is 17.7 Å². The highest BCUT2D eigenvalue weighted by Crippen LogP contribution is 2.25. The molecule has 4 rings (SSSR count). The molecule has 0 unspecified atom stereocenters. The van der Waals surface area contributed by atoms with E-state index < -0.39 is 29.0 Å². The van der Waals surface area contributed by atoms with Crippen LogP contribution in [0, 0.1) is 18.6 Å². The van der Waals surface area contributed by atoms with Gasteiger partial charge in [-0.25, -0.2) is 8.78 Å². The number of carbonyl (C=O) groups is 3. The Kier molecular flexibility index (Phi) is 6.22. The van der Waals surface area contributed by atoms with Crippen LogP contribution in [0.25, 0.3) is 0 Å². The van der Waals surface area contributed by atoms with Gasteiger partial charge >= 0.3 is 0 Å². The largest absolute Gasteiger partial charge is 0.343 e. The van der Waals surface area contributed by atoms with Gasteiger partial charge in [0.05, 0.1) is 19.5 Å². The van der Waals surface area contributed by atoms with Crippen molar-refractivity contribution in [1.82, 2.24) is 9.88 Å². The van der Waals surface area contributed by atoms with Crippen molar-refractivity contribution in [2.75, 3.05) is 17.2 Å². The van der Waals surface area contributed by atoms with E-state index in [9.17, 15) is 28.0 Å².